The minimum atomic E-state index is 0.189. The Hall–Kier alpha value is -0.600. The van der Waals surface area contributed by atoms with Crippen LogP contribution in [0, 0.1) is 5.92 Å². The first-order valence-corrected chi connectivity index (χ1v) is 5.34. The van der Waals surface area contributed by atoms with Crippen LogP contribution in [0.2, 0.25) is 0 Å². The third-order valence-corrected chi connectivity index (χ3v) is 3.50. The highest BCUT2D eigenvalue weighted by Crippen LogP contribution is 2.31. The number of hydrogen-bond acceptors (Lipinski definition) is 2. The summed E-state index contributed by atoms with van der Waals surface area (Å²) in [7, 11) is 0. The highest BCUT2D eigenvalue weighted by molar-refractivity contribution is 7.10. The zero-order valence-electron chi connectivity index (χ0n) is 8.16. The lowest BCUT2D eigenvalue weighted by atomic mass is 9.88. The van der Waals surface area contributed by atoms with E-state index in [1.165, 1.54) is 4.88 Å². The average molecular weight is 196 g/mol. The molecule has 0 aliphatic heterocycles. The largest absolute Gasteiger partial charge is 0.396 e. The Morgan fingerprint density at radius 3 is 2.77 bits per heavy atom. The molecule has 0 aromatic carbocycles. The Morgan fingerprint density at radius 1 is 1.69 bits per heavy atom. The number of aliphatic hydroxyl groups excluding tert-OH is 1. The second-order valence-corrected chi connectivity index (χ2v) is 4.42. The van der Waals surface area contributed by atoms with Crippen molar-refractivity contribution in [2.45, 2.75) is 19.8 Å². The van der Waals surface area contributed by atoms with Crippen LogP contribution in [0.25, 0.3) is 0 Å². The zero-order chi connectivity index (χ0) is 9.84. The highest BCUT2D eigenvalue weighted by Gasteiger charge is 2.19. The molecule has 1 aromatic heterocycles. The van der Waals surface area contributed by atoms with Gasteiger partial charge in [0.1, 0.15) is 0 Å². The molecule has 1 heterocycles. The van der Waals surface area contributed by atoms with Gasteiger partial charge in [0, 0.05) is 10.8 Å². The van der Waals surface area contributed by atoms with E-state index in [9.17, 15) is 5.11 Å². The van der Waals surface area contributed by atoms with Gasteiger partial charge >= 0.3 is 0 Å². The second kappa shape index (κ2) is 4.58. The van der Waals surface area contributed by atoms with Gasteiger partial charge < -0.3 is 5.11 Å². The summed E-state index contributed by atoms with van der Waals surface area (Å²) in [5.41, 5.74) is 1.06. The molecule has 0 radical (unpaired) electrons. The minimum Gasteiger partial charge on any atom is -0.396 e. The monoisotopic (exact) mass is 196 g/mol. The maximum Gasteiger partial charge on any atom is 0.0502 e. The maximum absolute atomic E-state index is 9.21. The van der Waals surface area contributed by atoms with Gasteiger partial charge in [-0.1, -0.05) is 25.1 Å². The van der Waals surface area contributed by atoms with Crippen molar-refractivity contribution in [3.8, 4) is 0 Å². The van der Waals surface area contributed by atoms with Crippen LogP contribution in [0.3, 0.4) is 0 Å². The van der Waals surface area contributed by atoms with E-state index in [0.29, 0.717) is 5.92 Å². The quantitative estimate of drug-likeness (QED) is 0.734. The van der Waals surface area contributed by atoms with Gasteiger partial charge in [-0.2, -0.15) is 0 Å². The lowest BCUT2D eigenvalue weighted by Crippen LogP contribution is -2.14. The summed E-state index contributed by atoms with van der Waals surface area (Å²) in [6.07, 6.45) is 0. The fourth-order valence-electron chi connectivity index (χ4n) is 1.49. The van der Waals surface area contributed by atoms with Crippen molar-refractivity contribution in [1.82, 2.24) is 0 Å². The van der Waals surface area contributed by atoms with E-state index in [4.69, 9.17) is 0 Å². The molecule has 0 spiro atoms. The SMILES string of the molecule is C=C(C)[C@@H](CO)[C@H](C)c1cccs1. The molecular formula is C11H16OS. The normalized spacial score (nSPS) is 15.3. The van der Waals surface area contributed by atoms with Crippen LogP contribution < -0.4 is 0 Å². The molecule has 0 saturated carbocycles. The van der Waals surface area contributed by atoms with Gasteiger partial charge in [-0.25, -0.2) is 0 Å². The van der Waals surface area contributed by atoms with Crippen molar-refractivity contribution in [2.75, 3.05) is 6.61 Å². The fourth-order valence-corrected chi connectivity index (χ4v) is 2.34. The van der Waals surface area contributed by atoms with Crippen molar-refractivity contribution in [3.63, 3.8) is 0 Å². The summed E-state index contributed by atoms with van der Waals surface area (Å²) in [6, 6.07) is 4.16. The first-order chi connectivity index (χ1) is 6.16. The standard InChI is InChI=1S/C11H16OS/c1-8(2)10(7-12)9(3)11-5-4-6-13-11/h4-6,9-10,12H,1,7H2,2-3H3/t9-,10+/m0/s1. The molecule has 0 amide bonds. The molecule has 1 nitrogen and oxygen atoms in total. The van der Waals surface area contributed by atoms with Gasteiger partial charge in [0.05, 0.1) is 6.61 Å². The van der Waals surface area contributed by atoms with Crippen LogP contribution in [-0.2, 0) is 0 Å². The number of rotatable bonds is 4. The molecule has 1 rings (SSSR count). The smallest absolute Gasteiger partial charge is 0.0502 e. The van der Waals surface area contributed by atoms with Gasteiger partial charge in [-0.15, -0.1) is 11.3 Å². The van der Waals surface area contributed by atoms with Crippen LogP contribution in [0.4, 0.5) is 0 Å². The number of thiophene rings is 1. The molecule has 0 fully saturated rings. The van der Waals surface area contributed by atoms with Gasteiger partial charge in [0.15, 0.2) is 0 Å². The fraction of sp³-hybridized carbons (Fsp3) is 0.455. The Morgan fingerprint density at radius 2 is 2.38 bits per heavy atom. The number of aliphatic hydroxyl groups is 1. The third kappa shape index (κ3) is 2.42. The number of hydrogen-bond donors (Lipinski definition) is 1. The molecule has 1 aromatic rings. The first kappa shape index (κ1) is 10.5. The van der Waals surface area contributed by atoms with Crippen LogP contribution in [0.5, 0.6) is 0 Å². The molecule has 1 N–H and O–H groups in total. The summed E-state index contributed by atoms with van der Waals surface area (Å²) in [4.78, 5) is 1.32. The molecule has 0 aliphatic rings. The first-order valence-electron chi connectivity index (χ1n) is 4.46. The van der Waals surface area contributed by atoms with E-state index >= 15 is 0 Å². The molecular weight excluding hydrogens is 180 g/mol. The van der Waals surface area contributed by atoms with Crippen molar-refractivity contribution in [2.24, 2.45) is 5.92 Å². The lowest BCUT2D eigenvalue weighted by molar-refractivity contribution is 0.231. The van der Waals surface area contributed by atoms with Gasteiger partial charge in [-0.3, -0.25) is 0 Å². The molecule has 13 heavy (non-hydrogen) atoms. The zero-order valence-corrected chi connectivity index (χ0v) is 8.97. The van der Waals surface area contributed by atoms with E-state index in [2.05, 4.69) is 24.9 Å². The van der Waals surface area contributed by atoms with Crippen LogP contribution in [-0.4, -0.2) is 11.7 Å². The van der Waals surface area contributed by atoms with Crippen molar-refractivity contribution in [3.05, 3.63) is 34.5 Å². The van der Waals surface area contributed by atoms with Gasteiger partial charge in [0.2, 0.25) is 0 Å². The highest BCUT2D eigenvalue weighted by atomic mass is 32.1. The summed E-state index contributed by atoms with van der Waals surface area (Å²) in [5, 5.41) is 11.3. The summed E-state index contributed by atoms with van der Waals surface area (Å²) >= 11 is 1.74. The van der Waals surface area contributed by atoms with Crippen LogP contribution in [0.1, 0.15) is 24.6 Å². The average Bonchev–Trinajstić information content (AvgIpc) is 2.56. The van der Waals surface area contributed by atoms with E-state index in [-0.39, 0.29) is 12.5 Å². The van der Waals surface area contributed by atoms with Crippen molar-refractivity contribution >= 4 is 11.3 Å². The van der Waals surface area contributed by atoms with E-state index < -0.39 is 0 Å². The second-order valence-electron chi connectivity index (χ2n) is 3.44. The van der Waals surface area contributed by atoms with Crippen molar-refractivity contribution in [1.29, 1.82) is 0 Å². The molecule has 2 atom stereocenters. The Bertz CT molecular complexity index is 264. The summed E-state index contributed by atoms with van der Waals surface area (Å²) in [6.45, 7) is 8.21. The summed E-state index contributed by atoms with van der Waals surface area (Å²) in [5.74, 6) is 0.571. The van der Waals surface area contributed by atoms with E-state index in [1.807, 2.05) is 13.0 Å². The Balaban J connectivity index is 2.76. The third-order valence-electron chi connectivity index (χ3n) is 2.43. The lowest BCUT2D eigenvalue weighted by Gasteiger charge is -2.20. The summed E-state index contributed by atoms with van der Waals surface area (Å²) < 4.78 is 0. The Kier molecular flexibility index (Phi) is 3.70. The molecule has 0 unspecified atom stereocenters. The molecule has 0 saturated heterocycles. The maximum atomic E-state index is 9.21. The minimum absolute atomic E-state index is 0.189. The van der Waals surface area contributed by atoms with Gasteiger partial charge in [0.25, 0.3) is 0 Å². The molecule has 2 heteroatoms. The van der Waals surface area contributed by atoms with Crippen LogP contribution >= 0.6 is 11.3 Å². The predicted octanol–water partition coefficient (Wildman–Crippen LogP) is 3.04. The van der Waals surface area contributed by atoms with Crippen molar-refractivity contribution < 1.29 is 5.11 Å². The van der Waals surface area contributed by atoms with E-state index in [0.717, 1.165) is 5.57 Å². The van der Waals surface area contributed by atoms with E-state index in [1.54, 1.807) is 11.3 Å². The Labute approximate surface area is 83.7 Å². The molecule has 72 valence electrons. The molecule has 0 bridgehead atoms. The van der Waals surface area contributed by atoms with Crippen LogP contribution in [0.15, 0.2) is 29.7 Å². The predicted molar refractivity (Wildman–Crippen MR) is 58.1 cm³/mol. The topological polar surface area (TPSA) is 20.2 Å². The molecule has 0 aliphatic carbocycles. The van der Waals surface area contributed by atoms with Gasteiger partial charge in [-0.05, 0) is 24.3 Å².